The molecule has 0 aromatic heterocycles. The van der Waals surface area contributed by atoms with Crippen molar-refractivity contribution in [1.82, 2.24) is 0 Å². The van der Waals surface area contributed by atoms with Gasteiger partial charge in [-0.1, -0.05) is 182 Å². The van der Waals surface area contributed by atoms with Crippen molar-refractivity contribution in [1.29, 1.82) is 15.8 Å². The minimum absolute atomic E-state index is 0.0471. The lowest BCUT2D eigenvalue weighted by atomic mass is 9.79. The third-order valence-electron chi connectivity index (χ3n) is 12.5. The van der Waals surface area contributed by atoms with E-state index in [1.807, 2.05) is 146 Å². The van der Waals surface area contributed by atoms with Gasteiger partial charge in [0.05, 0.1) is 16.7 Å². The summed E-state index contributed by atoms with van der Waals surface area (Å²) in [5, 5.41) is 34.0. The second kappa shape index (κ2) is 19.8. The van der Waals surface area contributed by atoms with Crippen LogP contribution in [0.4, 0.5) is 34.1 Å². The SMILES string of the molecule is N#Cc1c(-c2ccc(C(c3ccccc3)c3ccccc3)cc2)c(C#N)c(-c2ccc(N(c3ccccc3)c3ccccc3)cc2)c(C#N)c1-c1ccc(N(c2ccccc2)c2ccccc2)cc1. The molecule has 0 aliphatic carbocycles. The molecule has 0 spiro atoms. The molecule has 0 unspecified atom stereocenters. The zero-order valence-electron chi connectivity index (χ0n) is 37.6. The molecule has 0 bridgehead atoms. The molecule has 69 heavy (non-hydrogen) atoms. The summed E-state index contributed by atoms with van der Waals surface area (Å²) >= 11 is 0. The minimum atomic E-state index is -0.0471. The summed E-state index contributed by atoms with van der Waals surface area (Å²) in [7, 11) is 0. The van der Waals surface area contributed by atoms with Crippen LogP contribution in [-0.2, 0) is 0 Å². The maximum atomic E-state index is 11.3. The highest BCUT2D eigenvalue weighted by Crippen LogP contribution is 2.46. The minimum Gasteiger partial charge on any atom is -0.311 e. The maximum absolute atomic E-state index is 11.3. The number of nitrogens with zero attached hydrogens (tertiary/aromatic N) is 5. The van der Waals surface area contributed by atoms with Gasteiger partial charge in [0.1, 0.15) is 18.2 Å². The van der Waals surface area contributed by atoms with E-state index in [9.17, 15) is 15.8 Å². The van der Waals surface area contributed by atoms with Crippen LogP contribution in [-0.4, -0.2) is 0 Å². The van der Waals surface area contributed by atoms with Crippen LogP contribution in [0.1, 0.15) is 39.3 Å². The number of hydrogen-bond acceptors (Lipinski definition) is 5. The lowest BCUT2D eigenvalue weighted by Crippen LogP contribution is -2.10. The monoisotopic (exact) mass is 881 g/mol. The molecule has 10 rings (SSSR count). The van der Waals surface area contributed by atoms with Gasteiger partial charge < -0.3 is 9.80 Å². The summed E-state index contributed by atoms with van der Waals surface area (Å²) in [6.45, 7) is 0. The van der Waals surface area contributed by atoms with Gasteiger partial charge in [0.2, 0.25) is 0 Å². The van der Waals surface area contributed by atoms with Gasteiger partial charge in [-0.3, -0.25) is 0 Å². The van der Waals surface area contributed by atoms with E-state index in [1.165, 1.54) is 0 Å². The molecule has 0 aliphatic rings. The van der Waals surface area contributed by atoms with Crippen molar-refractivity contribution < 1.29 is 0 Å². The third-order valence-corrected chi connectivity index (χ3v) is 12.5. The van der Waals surface area contributed by atoms with Crippen LogP contribution < -0.4 is 9.80 Å². The topological polar surface area (TPSA) is 77.8 Å². The highest BCUT2D eigenvalue weighted by molar-refractivity contribution is 5.98. The van der Waals surface area contributed by atoms with E-state index in [1.54, 1.807) is 0 Å². The molecule has 10 aromatic carbocycles. The summed E-state index contributed by atoms with van der Waals surface area (Å²) in [6.07, 6.45) is 0. The highest BCUT2D eigenvalue weighted by atomic mass is 15.1. The molecule has 0 saturated heterocycles. The Bertz CT molecular complexity index is 2950. The zero-order chi connectivity index (χ0) is 46.9. The van der Waals surface area contributed by atoms with Gasteiger partial charge >= 0.3 is 0 Å². The fourth-order valence-electron chi connectivity index (χ4n) is 9.42. The number of anilines is 6. The molecule has 0 radical (unpaired) electrons. The number of nitriles is 3. The Labute approximate surface area is 403 Å². The van der Waals surface area contributed by atoms with E-state index in [0.29, 0.717) is 33.4 Å². The van der Waals surface area contributed by atoms with Crippen molar-refractivity contribution in [2.75, 3.05) is 9.80 Å². The summed E-state index contributed by atoms with van der Waals surface area (Å²) in [5.74, 6) is -0.0471. The Kier molecular flexibility index (Phi) is 12.4. The number of benzene rings is 10. The molecular formula is C64H43N5. The number of hydrogen-bond donors (Lipinski definition) is 0. The highest BCUT2D eigenvalue weighted by Gasteiger charge is 2.28. The van der Waals surface area contributed by atoms with Crippen molar-refractivity contribution in [3.8, 4) is 51.6 Å². The Morgan fingerprint density at radius 2 is 0.464 bits per heavy atom. The molecule has 0 amide bonds. The van der Waals surface area contributed by atoms with Gasteiger partial charge in [-0.05, 0) is 106 Å². The van der Waals surface area contributed by atoms with Crippen LogP contribution in [0.3, 0.4) is 0 Å². The summed E-state index contributed by atoms with van der Waals surface area (Å²) < 4.78 is 0. The van der Waals surface area contributed by atoms with Crippen LogP contribution in [0, 0.1) is 34.0 Å². The molecule has 0 N–H and O–H groups in total. The first kappa shape index (κ1) is 43.2. The van der Waals surface area contributed by atoms with Gasteiger partial charge in [-0.15, -0.1) is 0 Å². The van der Waals surface area contributed by atoms with E-state index in [0.717, 1.165) is 50.8 Å². The Morgan fingerprint density at radius 1 is 0.246 bits per heavy atom. The summed E-state index contributed by atoms with van der Waals surface area (Å²) in [4.78, 5) is 4.34. The van der Waals surface area contributed by atoms with Crippen LogP contribution in [0.2, 0.25) is 0 Å². The average molecular weight is 882 g/mol. The van der Waals surface area contributed by atoms with Crippen molar-refractivity contribution in [2.45, 2.75) is 5.92 Å². The molecule has 0 aliphatic heterocycles. The van der Waals surface area contributed by atoms with E-state index in [2.05, 4.69) is 137 Å². The standard InChI is InChI=1S/C64H43N5/c65-43-58-62(49-33-31-48(32-34-49)61(46-19-7-1-8-20-46)47-21-9-2-10-22-47)59(44-66)64(51-37-41-57(42-38-51)69(54-27-15-5-16-28-54)55-29-17-6-18-30-55)60(45-67)63(58)50-35-39-56(40-36-50)68(52-23-11-3-12-24-52)53-25-13-4-14-26-53/h1-42,61H. The molecule has 0 atom stereocenters. The molecule has 0 heterocycles. The van der Waals surface area contributed by atoms with E-state index < -0.39 is 0 Å². The fourth-order valence-corrected chi connectivity index (χ4v) is 9.42. The number of rotatable bonds is 12. The van der Waals surface area contributed by atoms with Crippen molar-refractivity contribution >= 4 is 34.1 Å². The zero-order valence-corrected chi connectivity index (χ0v) is 37.6. The van der Waals surface area contributed by atoms with Crippen molar-refractivity contribution in [2.24, 2.45) is 0 Å². The largest absolute Gasteiger partial charge is 0.311 e. The first-order chi connectivity index (χ1) is 34.1. The predicted octanol–water partition coefficient (Wildman–Crippen LogP) is 16.4. The van der Waals surface area contributed by atoms with E-state index in [4.69, 9.17) is 0 Å². The first-order valence-electron chi connectivity index (χ1n) is 22.8. The third kappa shape index (κ3) is 8.62. The smallest absolute Gasteiger partial charge is 0.101 e. The van der Waals surface area contributed by atoms with Gasteiger partial charge in [-0.2, -0.15) is 15.8 Å². The number of para-hydroxylation sites is 4. The van der Waals surface area contributed by atoms with Crippen LogP contribution >= 0.6 is 0 Å². The molecule has 324 valence electrons. The molecule has 0 fully saturated rings. The quantitative estimate of drug-likeness (QED) is 0.114. The van der Waals surface area contributed by atoms with Gasteiger partial charge in [-0.25, -0.2) is 0 Å². The van der Waals surface area contributed by atoms with Gasteiger partial charge in [0.25, 0.3) is 0 Å². The molecule has 5 heteroatoms. The lowest BCUT2D eigenvalue weighted by molar-refractivity contribution is 0.978. The van der Waals surface area contributed by atoms with Crippen LogP contribution in [0.5, 0.6) is 0 Å². The maximum Gasteiger partial charge on any atom is 0.101 e. The van der Waals surface area contributed by atoms with Gasteiger partial charge in [0.15, 0.2) is 0 Å². The lowest BCUT2D eigenvalue weighted by Gasteiger charge is -2.26. The fraction of sp³-hybridized carbons (Fsp3) is 0.0156. The van der Waals surface area contributed by atoms with E-state index >= 15 is 0 Å². The second-order valence-corrected chi connectivity index (χ2v) is 16.6. The Morgan fingerprint density at radius 3 is 0.725 bits per heavy atom. The van der Waals surface area contributed by atoms with E-state index in [-0.39, 0.29) is 22.6 Å². The molecule has 5 nitrogen and oxygen atoms in total. The van der Waals surface area contributed by atoms with Crippen LogP contribution in [0.25, 0.3) is 33.4 Å². The first-order valence-corrected chi connectivity index (χ1v) is 22.8. The van der Waals surface area contributed by atoms with Gasteiger partial charge in [0, 0.05) is 56.7 Å². The second-order valence-electron chi connectivity index (χ2n) is 16.6. The normalized spacial score (nSPS) is 10.7. The van der Waals surface area contributed by atoms with Crippen molar-refractivity contribution in [3.05, 3.63) is 288 Å². The molecular weight excluding hydrogens is 839 g/mol. The van der Waals surface area contributed by atoms with Crippen LogP contribution in [0.15, 0.2) is 255 Å². The Hall–Kier alpha value is -9.73. The van der Waals surface area contributed by atoms with Crippen molar-refractivity contribution in [3.63, 3.8) is 0 Å². The molecule has 10 aromatic rings. The summed E-state index contributed by atoms with van der Waals surface area (Å²) in [6, 6.07) is 93.2. The average Bonchev–Trinajstić information content (AvgIpc) is 3.43. The molecule has 0 saturated carbocycles. The predicted molar refractivity (Wildman–Crippen MR) is 280 cm³/mol. The Balaban J connectivity index is 1.17. The summed E-state index contributed by atoms with van der Waals surface area (Å²) in [5.41, 5.74) is 13.4.